The number of benzene rings is 1. The van der Waals surface area contributed by atoms with Gasteiger partial charge in [0.25, 0.3) is 0 Å². The van der Waals surface area contributed by atoms with Crippen LogP contribution in [-0.2, 0) is 6.54 Å². The molecule has 6 heteroatoms. The number of hydrogen-bond donors (Lipinski definition) is 1. The second kappa shape index (κ2) is 10.1. The van der Waals surface area contributed by atoms with Crippen LogP contribution < -0.4 is 9.64 Å². The average Bonchev–Trinajstić information content (AvgIpc) is 2.64. The number of aromatic carboxylic acids is 1. The maximum atomic E-state index is 11.0. The summed E-state index contributed by atoms with van der Waals surface area (Å²) < 4.78 is 6.97. The summed E-state index contributed by atoms with van der Waals surface area (Å²) in [7, 11) is 0. The van der Waals surface area contributed by atoms with Crippen molar-refractivity contribution in [1.29, 1.82) is 0 Å². The summed E-state index contributed by atoms with van der Waals surface area (Å²) in [5.74, 6) is 0.607. The third-order valence-corrected chi connectivity index (χ3v) is 4.51. The van der Waals surface area contributed by atoms with Crippen molar-refractivity contribution < 1.29 is 14.6 Å². The molecule has 0 bridgehead atoms. The molecule has 1 N–H and O–H groups in total. The largest absolute Gasteiger partial charge is 0.493 e. The molecule has 1 aromatic carbocycles. The number of hydrogen-bond acceptors (Lipinski definition) is 4. The number of aromatic nitrogens is 1. The van der Waals surface area contributed by atoms with E-state index in [0.29, 0.717) is 13.2 Å². The fourth-order valence-corrected chi connectivity index (χ4v) is 3.00. The Labute approximate surface area is 168 Å². The molecule has 2 rings (SSSR count). The molecule has 0 radical (unpaired) electrons. The number of pyridine rings is 1. The minimum Gasteiger partial charge on any atom is -0.493 e. The van der Waals surface area contributed by atoms with E-state index in [-0.39, 0.29) is 5.56 Å². The molecule has 0 unspecified atom stereocenters. The molecule has 27 heavy (non-hydrogen) atoms. The maximum absolute atomic E-state index is 11.0. The van der Waals surface area contributed by atoms with Gasteiger partial charge in [-0.05, 0) is 57.5 Å². The van der Waals surface area contributed by atoms with Gasteiger partial charge in [-0.15, -0.1) is 0 Å². The number of rotatable bonds is 9. The van der Waals surface area contributed by atoms with Crippen molar-refractivity contribution in [3.63, 3.8) is 0 Å². The molecule has 0 fully saturated rings. The Balaban J connectivity index is 2.16. The lowest BCUT2D eigenvalue weighted by Crippen LogP contribution is -2.23. The van der Waals surface area contributed by atoms with Gasteiger partial charge in [0.2, 0.25) is 0 Å². The van der Waals surface area contributed by atoms with Crippen LogP contribution in [0.3, 0.4) is 0 Å². The van der Waals surface area contributed by atoms with E-state index in [4.69, 9.17) is 9.84 Å². The topological polar surface area (TPSA) is 62.7 Å². The van der Waals surface area contributed by atoms with E-state index in [1.807, 2.05) is 25.1 Å². The quantitative estimate of drug-likeness (QED) is 0.429. The monoisotopic (exact) mass is 432 g/mol. The molecule has 0 atom stereocenters. The number of anilines is 1. The molecule has 0 saturated heterocycles. The first-order chi connectivity index (χ1) is 12.9. The second-order valence-electron chi connectivity index (χ2n) is 6.40. The molecule has 2 aromatic rings. The molecule has 0 aliphatic rings. The predicted octanol–water partition coefficient (Wildman–Crippen LogP) is 5.30. The van der Waals surface area contributed by atoms with Gasteiger partial charge in [0, 0.05) is 29.3 Å². The van der Waals surface area contributed by atoms with Crippen LogP contribution in [0.25, 0.3) is 0 Å². The minimum atomic E-state index is -0.976. The Bertz CT molecular complexity index is 800. The first kappa shape index (κ1) is 21.0. The van der Waals surface area contributed by atoms with E-state index in [1.165, 1.54) is 11.8 Å². The van der Waals surface area contributed by atoms with Gasteiger partial charge in [0.1, 0.15) is 11.6 Å². The van der Waals surface area contributed by atoms with Crippen LogP contribution in [0.4, 0.5) is 5.82 Å². The summed E-state index contributed by atoms with van der Waals surface area (Å²) in [5.41, 5.74) is 2.51. The summed E-state index contributed by atoms with van der Waals surface area (Å²) in [6.07, 6.45) is 4.41. The lowest BCUT2D eigenvalue weighted by molar-refractivity contribution is 0.0696. The first-order valence-corrected chi connectivity index (χ1v) is 9.69. The SMILES string of the molecule is CCN(Cc1cc(Br)ccc1OCCC=C(C)C)c1ccc(C(=O)O)cn1. The molecule has 144 valence electrons. The number of nitrogens with zero attached hydrogens (tertiary/aromatic N) is 2. The zero-order chi connectivity index (χ0) is 19.8. The Morgan fingerprint density at radius 2 is 2.07 bits per heavy atom. The highest BCUT2D eigenvalue weighted by Crippen LogP contribution is 2.26. The van der Waals surface area contributed by atoms with Crippen LogP contribution in [0.2, 0.25) is 0 Å². The van der Waals surface area contributed by atoms with E-state index in [9.17, 15) is 4.79 Å². The van der Waals surface area contributed by atoms with Crippen molar-refractivity contribution >= 4 is 27.7 Å². The van der Waals surface area contributed by atoms with Gasteiger partial charge in [-0.3, -0.25) is 0 Å². The molecule has 0 aliphatic heterocycles. The van der Waals surface area contributed by atoms with Crippen molar-refractivity contribution in [1.82, 2.24) is 4.98 Å². The zero-order valence-corrected chi connectivity index (χ0v) is 17.5. The number of carbonyl (C=O) groups is 1. The van der Waals surface area contributed by atoms with Crippen molar-refractivity contribution in [2.75, 3.05) is 18.1 Å². The molecule has 5 nitrogen and oxygen atoms in total. The smallest absolute Gasteiger partial charge is 0.337 e. The fraction of sp³-hybridized carbons (Fsp3) is 0.333. The highest BCUT2D eigenvalue weighted by Gasteiger charge is 2.12. The number of carboxylic acids is 1. The Hall–Kier alpha value is -2.34. The van der Waals surface area contributed by atoms with Gasteiger partial charge in [0.15, 0.2) is 0 Å². The highest BCUT2D eigenvalue weighted by molar-refractivity contribution is 9.10. The summed E-state index contributed by atoms with van der Waals surface area (Å²) in [5, 5.41) is 9.03. The van der Waals surface area contributed by atoms with E-state index < -0.39 is 5.97 Å². The lowest BCUT2D eigenvalue weighted by atomic mass is 10.2. The molecule has 0 spiro atoms. The molecule has 1 heterocycles. The molecule has 0 saturated carbocycles. The van der Waals surface area contributed by atoms with Gasteiger partial charge in [-0.1, -0.05) is 27.6 Å². The van der Waals surface area contributed by atoms with Crippen LogP contribution in [-0.4, -0.2) is 29.2 Å². The summed E-state index contributed by atoms with van der Waals surface area (Å²) in [6.45, 7) is 8.17. The second-order valence-corrected chi connectivity index (χ2v) is 7.31. The number of allylic oxidation sites excluding steroid dienone is 1. The number of ether oxygens (including phenoxy) is 1. The van der Waals surface area contributed by atoms with Crippen molar-refractivity contribution in [2.45, 2.75) is 33.7 Å². The molecule has 1 aromatic heterocycles. The standard InChI is InChI=1S/C21H25BrN2O3/c1-4-24(20-10-7-16(13-23-20)21(25)26)14-17-12-18(22)8-9-19(17)27-11-5-6-15(2)3/h6-10,12-13H,4-5,11,14H2,1-3H3,(H,25,26). The van der Waals surface area contributed by atoms with Crippen molar-refractivity contribution in [3.8, 4) is 5.75 Å². The predicted molar refractivity (Wildman–Crippen MR) is 112 cm³/mol. The first-order valence-electron chi connectivity index (χ1n) is 8.89. The number of carboxylic acid groups (broad SMARTS) is 1. The van der Waals surface area contributed by atoms with Crippen molar-refractivity contribution in [3.05, 3.63) is 63.8 Å². The average molecular weight is 433 g/mol. The maximum Gasteiger partial charge on any atom is 0.337 e. The Morgan fingerprint density at radius 1 is 1.30 bits per heavy atom. The normalized spacial score (nSPS) is 10.4. The van der Waals surface area contributed by atoms with Gasteiger partial charge in [-0.25, -0.2) is 9.78 Å². The molecule has 0 aliphatic carbocycles. The molecular weight excluding hydrogens is 408 g/mol. The highest BCUT2D eigenvalue weighted by atomic mass is 79.9. The fourth-order valence-electron chi connectivity index (χ4n) is 2.59. The Kier molecular flexibility index (Phi) is 7.85. The van der Waals surface area contributed by atoms with E-state index in [0.717, 1.165) is 34.6 Å². The summed E-state index contributed by atoms with van der Waals surface area (Å²) in [6, 6.07) is 9.29. The van der Waals surface area contributed by atoms with E-state index in [2.05, 4.69) is 45.7 Å². The third kappa shape index (κ3) is 6.40. The van der Waals surface area contributed by atoms with Crippen LogP contribution >= 0.6 is 15.9 Å². The Morgan fingerprint density at radius 3 is 2.67 bits per heavy atom. The number of halogens is 1. The van der Waals surface area contributed by atoms with Gasteiger partial charge < -0.3 is 14.7 Å². The minimum absolute atomic E-state index is 0.181. The lowest BCUT2D eigenvalue weighted by Gasteiger charge is -2.23. The van der Waals surface area contributed by atoms with Crippen LogP contribution in [0.1, 0.15) is 43.1 Å². The van der Waals surface area contributed by atoms with Crippen LogP contribution in [0, 0.1) is 0 Å². The van der Waals surface area contributed by atoms with Gasteiger partial charge >= 0.3 is 5.97 Å². The third-order valence-electron chi connectivity index (χ3n) is 4.01. The molecular formula is C21H25BrN2O3. The van der Waals surface area contributed by atoms with E-state index >= 15 is 0 Å². The van der Waals surface area contributed by atoms with Gasteiger partial charge in [-0.2, -0.15) is 0 Å². The summed E-state index contributed by atoms with van der Waals surface area (Å²) >= 11 is 3.53. The van der Waals surface area contributed by atoms with E-state index in [1.54, 1.807) is 12.1 Å². The van der Waals surface area contributed by atoms with Crippen molar-refractivity contribution in [2.24, 2.45) is 0 Å². The van der Waals surface area contributed by atoms with Gasteiger partial charge in [0.05, 0.1) is 12.2 Å². The van der Waals surface area contributed by atoms with Crippen LogP contribution in [0.5, 0.6) is 5.75 Å². The summed E-state index contributed by atoms with van der Waals surface area (Å²) in [4.78, 5) is 17.4. The zero-order valence-electron chi connectivity index (χ0n) is 15.9. The molecule has 0 amide bonds. The van der Waals surface area contributed by atoms with Crippen LogP contribution in [0.15, 0.2) is 52.7 Å².